The first-order valence-electron chi connectivity index (χ1n) is 3.81. The molecular weight excluding hydrogens is 170 g/mol. The maximum Gasteiger partial charge on any atom is 0.325 e. The van der Waals surface area contributed by atoms with Crippen molar-refractivity contribution in [2.45, 2.75) is 13.0 Å². The Balaban J connectivity index is 3.15. The number of phenols is 1. The smallest absolute Gasteiger partial charge is 0.325 e. The van der Waals surface area contributed by atoms with Gasteiger partial charge in [0.15, 0.2) is 0 Å². The van der Waals surface area contributed by atoms with Crippen LogP contribution in [0.5, 0.6) is 5.75 Å². The minimum atomic E-state index is -1.10. The average Bonchev–Trinajstić information content (AvgIpc) is 2.08. The topological polar surface area (TPSA) is 83.5 Å². The molecule has 0 aliphatic rings. The Hall–Kier alpha value is -1.55. The van der Waals surface area contributed by atoms with E-state index in [1.807, 2.05) is 0 Å². The summed E-state index contributed by atoms with van der Waals surface area (Å²) in [6.07, 6.45) is 0. The number of carboxylic acids is 1. The van der Waals surface area contributed by atoms with Crippen molar-refractivity contribution in [1.29, 1.82) is 0 Å². The van der Waals surface area contributed by atoms with Crippen molar-refractivity contribution >= 4 is 5.97 Å². The van der Waals surface area contributed by atoms with Gasteiger partial charge in [0, 0.05) is 0 Å². The molecule has 0 saturated carbocycles. The molecule has 0 fully saturated rings. The van der Waals surface area contributed by atoms with E-state index in [0.717, 1.165) is 0 Å². The number of aliphatic carboxylic acids is 1. The Kier molecular flexibility index (Phi) is 2.53. The fourth-order valence-electron chi connectivity index (χ4n) is 1.11. The van der Waals surface area contributed by atoms with Gasteiger partial charge in [-0.1, -0.05) is 12.1 Å². The molecule has 70 valence electrons. The van der Waals surface area contributed by atoms with Crippen LogP contribution in [0.3, 0.4) is 0 Å². The number of benzene rings is 1. The third-order valence-electron chi connectivity index (χ3n) is 1.95. The summed E-state index contributed by atoms with van der Waals surface area (Å²) in [6, 6.07) is 3.58. The summed E-state index contributed by atoms with van der Waals surface area (Å²) in [4.78, 5) is 10.6. The molecule has 0 spiro atoms. The van der Waals surface area contributed by atoms with Crippen LogP contribution >= 0.6 is 0 Å². The van der Waals surface area contributed by atoms with E-state index in [4.69, 9.17) is 10.8 Å². The predicted molar refractivity (Wildman–Crippen MR) is 47.4 cm³/mol. The summed E-state index contributed by atoms with van der Waals surface area (Å²) < 4.78 is 0. The van der Waals surface area contributed by atoms with Crippen LogP contribution in [-0.4, -0.2) is 16.2 Å². The fraction of sp³-hybridized carbons (Fsp3) is 0.222. The number of hydrogen-bond acceptors (Lipinski definition) is 3. The molecule has 0 heterocycles. The van der Waals surface area contributed by atoms with Crippen molar-refractivity contribution in [2.75, 3.05) is 0 Å². The molecule has 0 unspecified atom stereocenters. The third kappa shape index (κ3) is 1.78. The predicted octanol–water partition coefficient (Wildman–Crippen LogP) is 0.785. The van der Waals surface area contributed by atoms with E-state index in [0.29, 0.717) is 11.1 Å². The molecule has 0 amide bonds. The number of nitrogens with two attached hydrogens (primary N) is 1. The van der Waals surface area contributed by atoms with Crippen LogP contribution in [0.2, 0.25) is 0 Å². The van der Waals surface area contributed by atoms with Gasteiger partial charge < -0.3 is 15.9 Å². The van der Waals surface area contributed by atoms with Crippen molar-refractivity contribution in [3.63, 3.8) is 0 Å². The Labute approximate surface area is 75.6 Å². The Morgan fingerprint density at radius 2 is 2.15 bits per heavy atom. The summed E-state index contributed by atoms with van der Waals surface area (Å²) in [5.74, 6) is -1.04. The lowest BCUT2D eigenvalue weighted by Crippen LogP contribution is -2.21. The van der Waals surface area contributed by atoms with Crippen molar-refractivity contribution in [1.82, 2.24) is 0 Å². The zero-order chi connectivity index (χ0) is 10.0. The first-order chi connectivity index (χ1) is 6.04. The second-order valence-corrected chi connectivity index (χ2v) is 2.81. The molecule has 1 aromatic carbocycles. The molecule has 0 aromatic heterocycles. The highest BCUT2D eigenvalue weighted by Crippen LogP contribution is 2.23. The highest BCUT2D eigenvalue weighted by Gasteiger charge is 2.17. The van der Waals surface area contributed by atoms with Gasteiger partial charge in [-0.3, -0.25) is 4.79 Å². The first kappa shape index (κ1) is 9.54. The Morgan fingerprint density at radius 1 is 1.54 bits per heavy atom. The molecule has 1 atom stereocenters. The number of carbonyl (C=O) groups is 1. The molecule has 4 nitrogen and oxygen atoms in total. The van der Waals surface area contributed by atoms with Crippen molar-refractivity contribution in [3.8, 4) is 5.75 Å². The van der Waals surface area contributed by atoms with E-state index in [9.17, 15) is 9.90 Å². The minimum absolute atomic E-state index is 0.0641. The van der Waals surface area contributed by atoms with Gasteiger partial charge in [0.2, 0.25) is 0 Å². The number of phenolic OH excluding ortho intramolecular Hbond substituents is 1. The zero-order valence-electron chi connectivity index (χ0n) is 7.19. The van der Waals surface area contributed by atoms with Crippen LogP contribution in [0, 0.1) is 6.92 Å². The molecule has 4 heteroatoms. The van der Waals surface area contributed by atoms with E-state index in [2.05, 4.69) is 0 Å². The molecule has 0 radical (unpaired) electrons. The zero-order valence-corrected chi connectivity index (χ0v) is 7.19. The average molecular weight is 181 g/mol. The van der Waals surface area contributed by atoms with Gasteiger partial charge in [0.05, 0.1) is 0 Å². The lowest BCUT2D eigenvalue weighted by atomic mass is 10.0. The first-order valence-corrected chi connectivity index (χ1v) is 3.81. The third-order valence-corrected chi connectivity index (χ3v) is 1.95. The van der Waals surface area contributed by atoms with E-state index in [-0.39, 0.29) is 5.75 Å². The van der Waals surface area contributed by atoms with Crippen LogP contribution in [-0.2, 0) is 4.79 Å². The highest BCUT2D eigenvalue weighted by atomic mass is 16.4. The standard InChI is InChI=1S/C9H11NO3/c1-5-6(8(10)9(12)13)3-2-4-7(5)11/h2-4,8,11H,10H2,1H3,(H,12,13)/t8-/m0/s1. The molecule has 0 aliphatic heterocycles. The van der Waals surface area contributed by atoms with Gasteiger partial charge in [-0.2, -0.15) is 0 Å². The van der Waals surface area contributed by atoms with Gasteiger partial charge in [-0.15, -0.1) is 0 Å². The minimum Gasteiger partial charge on any atom is -0.508 e. The van der Waals surface area contributed by atoms with E-state index in [1.54, 1.807) is 19.1 Å². The molecule has 1 aromatic rings. The number of aromatic hydroxyl groups is 1. The molecule has 1 rings (SSSR count). The van der Waals surface area contributed by atoms with E-state index >= 15 is 0 Å². The van der Waals surface area contributed by atoms with Gasteiger partial charge in [-0.25, -0.2) is 0 Å². The van der Waals surface area contributed by atoms with Crippen molar-refractivity contribution < 1.29 is 15.0 Å². The summed E-state index contributed by atoms with van der Waals surface area (Å²) in [5.41, 5.74) is 6.35. The quantitative estimate of drug-likeness (QED) is 0.629. The van der Waals surface area contributed by atoms with Crippen LogP contribution in [0.25, 0.3) is 0 Å². The van der Waals surface area contributed by atoms with E-state index < -0.39 is 12.0 Å². The SMILES string of the molecule is Cc1c(O)cccc1[C@H](N)C(=O)O. The van der Waals surface area contributed by atoms with Crippen LogP contribution < -0.4 is 5.73 Å². The largest absolute Gasteiger partial charge is 0.508 e. The number of carboxylic acid groups (broad SMARTS) is 1. The second kappa shape index (κ2) is 3.45. The van der Waals surface area contributed by atoms with Crippen LogP contribution in [0.1, 0.15) is 17.2 Å². The monoisotopic (exact) mass is 181 g/mol. The molecule has 0 aliphatic carbocycles. The van der Waals surface area contributed by atoms with Crippen LogP contribution in [0.15, 0.2) is 18.2 Å². The highest BCUT2D eigenvalue weighted by molar-refractivity contribution is 5.76. The van der Waals surface area contributed by atoms with Gasteiger partial charge in [0.25, 0.3) is 0 Å². The van der Waals surface area contributed by atoms with Crippen LogP contribution in [0.4, 0.5) is 0 Å². The van der Waals surface area contributed by atoms with Gasteiger partial charge >= 0.3 is 5.97 Å². The molecule has 0 saturated heterocycles. The van der Waals surface area contributed by atoms with Crippen molar-refractivity contribution in [2.24, 2.45) is 5.73 Å². The number of hydrogen-bond donors (Lipinski definition) is 3. The number of rotatable bonds is 2. The van der Waals surface area contributed by atoms with Gasteiger partial charge in [0.1, 0.15) is 11.8 Å². The van der Waals surface area contributed by atoms with Gasteiger partial charge in [-0.05, 0) is 24.1 Å². The summed E-state index contributed by atoms with van der Waals surface area (Å²) in [5, 5.41) is 17.9. The van der Waals surface area contributed by atoms with E-state index in [1.165, 1.54) is 6.07 Å². The molecule has 13 heavy (non-hydrogen) atoms. The maximum atomic E-state index is 10.6. The molecule has 0 bridgehead atoms. The maximum absolute atomic E-state index is 10.6. The summed E-state index contributed by atoms with van der Waals surface area (Å²) in [7, 11) is 0. The summed E-state index contributed by atoms with van der Waals surface area (Å²) >= 11 is 0. The lowest BCUT2D eigenvalue weighted by molar-refractivity contribution is -0.138. The Morgan fingerprint density at radius 3 is 2.69 bits per heavy atom. The van der Waals surface area contributed by atoms with Crippen molar-refractivity contribution in [3.05, 3.63) is 29.3 Å². The summed E-state index contributed by atoms with van der Waals surface area (Å²) in [6.45, 7) is 1.63. The normalized spacial score (nSPS) is 12.5. The fourth-order valence-corrected chi connectivity index (χ4v) is 1.11. The molecule has 4 N–H and O–H groups in total. The molecular formula is C9H11NO3. The Bertz CT molecular complexity index is 336. The lowest BCUT2D eigenvalue weighted by Gasteiger charge is -2.10. The second-order valence-electron chi connectivity index (χ2n) is 2.81.